The van der Waals surface area contributed by atoms with Crippen molar-refractivity contribution in [1.82, 2.24) is 4.57 Å². The zero-order valence-corrected chi connectivity index (χ0v) is 49.9. The molecule has 0 radical (unpaired) electrons. The molecule has 4 heteroatoms. The van der Waals surface area contributed by atoms with Crippen LogP contribution >= 0.6 is 22.7 Å². The lowest BCUT2D eigenvalue weighted by atomic mass is 9.68. The van der Waals surface area contributed by atoms with E-state index >= 15 is 0 Å². The first-order valence-electron chi connectivity index (χ1n) is 30.6. The molecule has 1 aliphatic rings. The lowest BCUT2D eigenvalue weighted by molar-refractivity contribution is 0.768. The van der Waals surface area contributed by atoms with Crippen LogP contribution < -0.4 is 4.90 Å². The summed E-state index contributed by atoms with van der Waals surface area (Å²) >= 11 is 3.76. The molecule has 0 amide bonds. The van der Waals surface area contributed by atoms with E-state index in [1.165, 1.54) is 145 Å². The number of hydrogen-bond donors (Lipinski definition) is 0. The Balaban J connectivity index is 0.836. The van der Waals surface area contributed by atoms with Gasteiger partial charge in [0.15, 0.2) is 0 Å². The van der Waals surface area contributed by atoms with Crippen LogP contribution in [-0.2, 0) is 5.41 Å². The maximum atomic E-state index is 2.54. The van der Waals surface area contributed by atoms with E-state index in [2.05, 4.69) is 325 Å². The summed E-state index contributed by atoms with van der Waals surface area (Å²) in [6, 6.07) is 119. The molecule has 19 rings (SSSR count). The van der Waals surface area contributed by atoms with Crippen LogP contribution in [0.1, 0.15) is 22.3 Å². The van der Waals surface area contributed by atoms with Crippen LogP contribution in [0.5, 0.6) is 0 Å². The normalized spacial score (nSPS) is 12.8. The van der Waals surface area contributed by atoms with E-state index in [9.17, 15) is 0 Å². The van der Waals surface area contributed by atoms with E-state index in [1.807, 2.05) is 22.7 Å². The van der Waals surface area contributed by atoms with Gasteiger partial charge in [-0.1, -0.05) is 243 Å². The Morgan fingerprint density at radius 1 is 0.292 bits per heavy atom. The second-order valence-corrected chi connectivity index (χ2v) is 25.9. The first-order chi connectivity index (χ1) is 44.1. The topological polar surface area (TPSA) is 8.17 Å². The molecule has 0 saturated heterocycles. The molecule has 3 aromatic heterocycles. The molecule has 0 atom stereocenters. The highest BCUT2D eigenvalue weighted by molar-refractivity contribution is 7.26. The minimum Gasteiger partial charge on any atom is -0.310 e. The quantitative estimate of drug-likeness (QED) is 0.138. The van der Waals surface area contributed by atoms with E-state index in [0.717, 1.165) is 28.2 Å². The van der Waals surface area contributed by atoms with Crippen molar-refractivity contribution >= 4 is 134 Å². The first-order valence-corrected chi connectivity index (χ1v) is 32.3. The molecule has 15 aromatic carbocycles. The van der Waals surface area contributed by atoms with Gasteiger partial charge in [-0.25, -0.2) is 0 Å². The standard InChI is InChI=1S/C85H52N2S2/c1-3-20-57(21-4-1)85(58-22-5-2-6-23-58)74-31-13-9-26-66(74)72-51-59(42-47-75(72)85)86(76-32-14-10-25-62(76)55-38-37-54-40-44-64-61-24-8-7-19-53(61)39-45-65(64)71(54)49-55)60-43-48-81-73(52-60)83-63(29-18-36-82(83)88-81)56-41-46-68-67-27-11-15-33-77(67)87(79(68)50-56)78-34-17-30-70-69-28-12-16-35-80(69)89-84(70)78/h1-52H. The largest absolute Gasteiger partial charge is 0.310 e. The van der Waals surface area contributed by atoms with Crippen molar-refractivity contribution in [2.75, 3.05) is 4.90 Å². The SMILES string of the molecule is c1ccc(C2(c3ccccc3)c3ccccc3-c3cc(N(c4ccc5sc6cccc(-c7ccc8c9ccccc9n(-c9cccc%10c9sc9ccccc9%10)c8c7)c6c5c4)c4ccccc4-c4ccc5ccc6c7ccccc7ccc6c5c4)ccc32)cc1. The van der Waals surface area contributed by atoms with Crippen LogP contribution in [0.3, 0.4) is 0 Å². The summed E-state index contributed by atoms with van der Waals surface area (Å²) in [5.41, 5.74) is 18.7. The van der Waals surface area contributed by atoms with Crippen LogP contribution in [0.25, 0.3) is 134 Å². The van der Waals surface area contributed by atoms with Crippen molar-refractivity contribution < 1.29 is 0 Å². The predicted molar refractivity (Wildman–Crippen MR) is 382 cm³/mol. The van der Waals surface area contributed by atoms with Gasteiger partial charge in [0.25, 0.3) is 0 Å². The van der Waals surface area contributed by atoms with Gasteiger partial charge in [0.1, 0.15) is 0 Å². The van der Waals surface area contributed by atoms with Crippen molar-refractivity contribution in [2.24, 2.45) is 0 Å². The maximum absolute atomic E-state index is 2.54. The van der Waals surface area contributed by atoms with Gasteiger partial charge in [0.2, 0.25) is 0 Å². The Labute approximate surface area is 522 Å². The lowest BCUT2D eigenvalue weighted by Crippen LogP contribution is -2.28. The monoisotopic (exact) mass is 1160 g/mol. The van der Waals surface area contributed by atoms with Crippen LogP contribution in [-0.4, -0.2) is 4.57 Å². The molecule has 0 aliphatic heterocycles. The van der Waals surface area contributed by atoms with E-state index in [1.54, 1.807) is 0 Å². The zero-order chi connectivity index (χ0) is 58.3. The fourth-order valence-corrected chi connectivity index (χ4v) is 17.7. The molecule has 89 heavy (non-hydrogen) atoms. The van der Waals surface area contributed by atoms with E-state index in [0.29, 0.717) is 0 Å². The fraction of sp³-hybridized carbons (Fsp3) is 0.0118. The Morgan fingerprint density at radius 3 is 1.72 bits per heavy atom. The molecule has 3 heterocycles. The van der Waals surface area contributed by atoms with Crippen molar-refractivity contribution in [3.8, 4) is 39.1 Å². The molecular weight excluding hydrogens is 1110 g/mol. The smallest absolute Gasteiger partial charge is 0.0713 e. The van der Waals surface area contributed by atoms with Gasteiger partial charge in [0, 0.05) is 63.4 Å². The average Bonchev–Trinajstić information content (AvgIpc) is 1.62. The Bertz CT molecular complexity index is 5910. The number of benzene rings is 15. The van der Waals surface area contributed by atoms with Gasteiger partial charge in [-0.15, -0.1) is 22.7 Å². The fourth-order valence-electron chi connectivity index (χ4n) is 15.4. The Hall–Kier alpha value is -10.9. The minimum absolute atomic E-state index is 0.525. The number of thiophene rings is 2. The zero-order valence-electron chi connectivity index (χ0n) is 48.2. The highest BCUT2D eigenvalue weighted by Crippen LogP contribution is 2.58. The van der Waals surface area contributed by atoms with Crippen molar-refractivity contribution in [3.05, 3.63) is 338 Å². The summed E-state index contributed by atoms with van der Waals surface area (Å²) < 4.78 is 7.64. The van der Waals surface area contributed by atoms with Crippen LogP contribution in [0.4, 0.5) is 17.1 Å². The van der Waals surface area contributed by atoms with E-state index in [-0.39, 0.29) is 0 Å². The number of rotatable bonds is 8. The van der Waals surface area contributed by atoms with Gasteiger partial charge in [-0.2, -0.15) is 0 Å². The Kier molecular flexibility index (Phi) is 11.1. The highest BCUT2D eigenvalue weighted by atomic mass is 32.1. The molecule has 18 aromatic rings. The van der Waals surface area contributed by atoms with E-state index < -0.39 is 5.41 Å². The van der Waals surface area contributed by atoms with Crippen molar-refractivity contribution in [1.29, 1.82) is 0 Å². The van der Waals surface area contributed by atoms with Gasteiger partial charge < -0.3 is 9.47 Å². The summed E-state index contributed by atoms with van der Waals surface area (Å²) in [6.45, 7) is 0. The van der Waals surface area contributed by atoms with E-state index in [4.69, 9.17) is 0 Å². The molecule has 0 fully saturated rings. The van der Waals surface area contributed by atoms with Crippen LogP contribution in [0.2, 0.25) is 0 Å². The molecular formula is C85H52N2S2. The number of hydrogen-bond acceptors (Lipinski definition) is 3. The van der Waals surface area contributed by atoms with Gasteiger partial charge >= 0.3 is 0 Å². The number of anilines is 3. The van der Waals surface area contributed by atoms with Crippen LogP contribution in [0.15, 0.2) is 315 Å². The molecule has 0 unspecified atom stereocenters. The van der Waals surface area contributed by atoms with Crippen molar-refractivity contribution in [3.63, 3.8) is 0 Å². The van der Waals surface area contributed by atoms with Crippen molar-refractivity contribution in [2.45, 2.75) is 5.41 Å². The molecule has 1 aliphatic carbocycles. The first kappa shape index (κ1) is 50.3. The average molecular weight is 1170 g/mol. The van der Waals surface area contributed by atoms with Gasteiger partial charge in [-0.05, 0) is 155 Å². The Morgan fingerprint density at radius 2 is 0.865 bits per heavy atom. The van der Waals surface area contributed by atoms with Gasteiger partial charge in [0.05, 0.1) is 32.5 Å². The molecule has 414 valence electrons. The number of nitrogens with zero attached hydrogens (tertiary/aromatic N) is 2. The summed E-state index contributed by atoms with van der Waals surface area (Å²) in [4.78, 5) is 2.54. The molecule has 0 spiro atoms. The summed E-state index contributed by atoms with van der Waals surface area (Å²) in [7, 11) is 0. The van der Waals surface area contributed by atoms with Crippen LogP contribution in [0, 0.1) is 0 Å². The number of aromatic nitrogens is 1. The number of para-hydroxylation sites is 2. The summed E-state index contributed by atoms with van der Waals surface area (Å²) in [6.07, 6.45) is 0. The second-order valence-electron chi connectivity index (χ2n) is 23.8. The number of fused-ring (bicyclic) bond motifs is 17. The second kappa shape index (κ2) is 19.6. The highest BCUT2D eigenvalue weighted by Gasteiger charge is 2.46. The molecule has 0 bridgehead atoms. The summed E-state index contributed by atoms with van der Waals surface area (Å²) in [5, 5.41) is 15.1. The molecule has 2 nitrogen and oxygen atoms in total. The van der Waals surface area contributed by atoms with Gasteiger partial charge in [-0.3, -0.25) is 0 Å². The summed E-state index contributed by atoms with van der Waals surface area (Å²) in [5.74, 6) is 0. The third kappa shape index (κ3) is 7.42. The minimum atomic E-state index is -0.525. The predicted octanol–water partition coefficient (Wildman–Crippen LogP) is 24.1. The lowest BCUT2D eigenvalue weighted by Gasteiger charge is -2.34. The molecule has 0 saturated carbocycles. The third-order valence-electron chi connectivity index (χ3n) is 19.2. The maximum Gasteiger partial charge on any atom is 0.0713 e. The third-order valence-corrected chi connectivity index (χ3v) is 21.6. The molecule has 0 N–H and O–H groups in total.